The Labute approximate surface area is 179 Å². The van der Waals surface area contributed by atoms with Gasteiger partial charge < -0.3 is 54.9 Å². The monoisotopic (exact) mass is 451 g/mol. The number of nitrogens with zero attached hydrogens (tertiary/aromatic N) is 1. The molecule has 0 aliphatic carbocycles. The van der Waals surface area contributed by atoms with Gasteiger partial charge in [0.15, 0.2) is 12.5 Å². The summed E-state index contributed by atoms with van der Waals surface area (Å²) < 4.78 is 16.4. The van der Waals surface area contributed by atoms with Crippen LogP contribution in [0.5, 0.6) is 0 Å². The number of likely N-dealkylation sites (N-methyl/N-ethyl adjacent to an activating group) is 1. The van der Waals surface area contributed by atoms with Crippen molar-refractivity contribution >= 4 is 5.91 Å². The van der Waals surface area contributed by atoms with Crippen LogP contribution in [0.1, 0.15) is 20.8 Å². The summed E-state index contributed by atoms with van der Waals surface area (Å²) in [6.07, 6.45) is -15.2. The predicted molar refractivity (Wildman–Crippen MR) is 103 cm³/mol. The quantitative estimate of drug-likeness (QED) is 0.198. The molecule has 12 nitrogen and oxygen atoms in total. The Hall–Kier alpha value is -1.19. The maximum Gasteiger partial charge on any atom is 0.251 e. The number of amides is 1. The van der Waals surface area contributed by atoms with Crippen LogP contribution in [0, 0.1) is 0 Å². The van der Waals surface area contributed by atoms with Crippen molar-refractivity contribution in [3.8, 4) is 0 Å². The van der Waals surface area contributed by atoms with Gasteiger partial charge in [0.1, 0.15) is 48.8 Å². The summed E-state index contributed by atoms with van der Waals surface area (Å²) in [7, 11) is 1.38. The van der Waals surface area contributed by atoms with Crippen LogP contribution in [-0.2, 0) is 19.0 Å². The molecule has 2 fully saturated rings. The standard InChI is InChI=1S/C19H33NO11/c1-7(2)8(3)17(28)20(4)18-14(26)13(25)16(10(6-22)29-18)31-19-15(27)12(24)11(23)9(5-21)30-19/h9-16,18-19,21-27H,5-6H2,1-4H3/t9?,10?,11-,12-,13+,14?,15?,16+,18?,19-/m0/s1. The van der Waals surface area contributed by atoms with E-state index in [1.54, 1.807) is 20.8 Å². The highest BCUT2D eigenvalue weighted by molar-refractivity contribution is 5.93. The molecule has 0 bridgehead atoms. The van der Waals surface area contributed by atoms with Crippen molar-refractivity contribution in [2.75, 3.05) is 20.3 Å². The van der Waals surface area contributed by atoms with E-state index < -0.39 is 80.5 Å². The molecule has 2 rings (SSSR count). The van der Waals surface area contributed by atoms with Crippen LogP contribution in [0.3, 0.4) is 0 Å². The molecular weight excluding hydrogens is 418 g/mol. The lowest BCUT2D eigenvalue weighted by atomic mass is 9.96. The molecule has 2 aliphatic heterocycles. The molecule has 2 heterocycles. The molecular formula is C19H33NO11. The minimum atomic E-state index is -1.75. The molecule has 10 atom stereocenters. The highest BCUT2D eigenvalue weighted by atomic mass is 16.7. The molecule has 0 aromatic rings. The van der Waals surface area contributed by atoms with E-state index in [1.165, 1.54) is 7.05 Å². The van der Waals surface area contributed by atoms with Gasteiger partial charge in [0, 0.05) is 12.6 Å². The van der Waals surface area contributed by atoms with E-state index >= 15 is 0 Å². The molecule has 2 saturated heterocycles. The molecule has 0 aromatic carbocycles. The maximum absolute atomic E-state index is 12.6. The Morgan fingerprint density at radius 1 is 0.839 bits per heavy atom. The average molecular weight is 451 g/mol. The van der Waals surface area contributed by atoms with E-state index in [0.717, 1.165) is 10.5 Å². The molecule has 7 N–H and O–H groups in total. The van der Waals surface area contributed by atoms with Gasteiger partial charge in [0.2, 0.25) is 0 Å². The lowest BCUT2D eigenvalue weighted by molar-refractivity contribution is -0.347. The fourth-order valence-electron chi connectivity index (χ4n) is 3.48. The molecule has 5 unspecified atom stereocenters. The molecule has 0 spiro atoms. The van der Waals surface area contributed by atoms with Gasteiger partial charge in [-0.3, -0.25) is 4.79 Å². The molecule has 1 amide bonds. The maximum atomic E-state index is 12.6. The van der Waals surface area contributed by atoms with Crippen LogP contribution in [0.25, 0.3) is 0 Å². The third-order valence-electron chi connectivity index (χ3n) is 5.75. The van der Waals surface area contributed by atoms with Crippen molar-refractivity contribution in [3.05, 3.63) is 11.1 Å². The fourth-order valence-corrected chi connectivity index (χ4v) is 3.48. The Morgan fingerprint density at radius 2 is 1.42 bits per heavy atom. The van der Waals surface area contributed by atoms with Crippen molar-refractivity contribution in [1.82, 2.24) is 4.90 Å². The first-order valence-corrected chi connectivity index (χ1v) is 9.95. The van der Waals surface area contributed by atoms with Gasteiger partial charge in [-0.1, -0.05) is 5.57 Å². The minimum Gasteiger partial charge on any atom is -0.394 e. The molecule has 2 aliphatic rings. The third kappa shape index (κ3) is 5.25. The van der Waals surface area contributed by atoms with Crippen LogP contribution in [0.2, 0.25) is 0 Å². The smallest absolute Gasteiger partial charge is 0.251 e. The van der Waals surface area contributed by atoms with E-state index in [2.05, 4.69) is 0 Å². The van der Waals surface area contributed by atoms with Gasteiger partial charge in [0.05, 0.1) is 13.2 Å². The van der Waals surface area contributed by atoms with Gasteiger partial charge in [0.25, 0.3) is 5.91 Å². The Bertz CT molecular complexity index is 651. The highest BCUT2D eigenvalue weighted by Gasteiger charge is 2.51. The van der Waals surface area contributed by atoms with Gasteiger partial charge >= 0.3 is 0 Å². The summed E-state index contributed by atoms with van der Waals surface area (Å²) in [5.41, 5.74) is 1.18. The second kappa shape index (κ2) is 10.6. The zero-order valence-electron chi connectivity index (χ0n) is 17.9. The van der Waals surface area contributed by atoms with E-state index in [-0.39, 0.29) is 0 Å². The number of aliphatic hydroxyl groups is 7. The molecule has 12 heteroatoms. The van der Waals surface area contributed by atoms with Crippen molar-refractivity contribution in [2.24, 2.45) is 0 Å². The van der Waals surface area contributed by atoms with Crippen LogP contribution in [0.15, 0.2) is 11.1 Å². The summed E-state index contributed by atoms with van der Waals surface area (Å²) in [5, 5.41) is 70.1. The number of aliphatic hydroxyl groups excluding tert-OH is 7. The second-order valence-electron chi connectivity index (χ2n) is 8.07. The predicted octanol–water partition coefficient (Wildman–Crippen LogP) is -3.57. The van der Waals surface area contributed by atoms with E-state index in [1.807, 2.05) is 0 Å². The fraction of sp³-hybridized carbons (Fsp3) is 0.842. The zero-order valence-corrected chi connectivity index (χ0v) is 17.9. The molecule has 0 saturated carbocycles. The van der Waals surface area contributed by atoms with Crippen molar-refractivity contribution in [3.63, 3.8) is 0 Å². The Kier molecular flexibility index (Phi) is 8.93. The topological polar surface area (TPSA) is 190 Å². The van der Waals surface area contributed by atoms with Crippen molar-refractivity contribution in [2.45, 2.75) is 82.1 Å². The number of hydrogen-bond donors (Lipinski definition) is 7. The van der Waals surface area contributed by atoms with Crippen LogP contribution in [0.4, 0.5) is 0 Å². The average Bonchev–Trinajstić information content (AvgIpc) is 2.75. The van der Waals surface area contributed by atoms with Crippen LogP contribution >= 0.6 is 0 Å². The first-order valence-electron chi connectivity index (χ1n) is 9.95. The summed E-state index contributed by atoms with van der Waals surface area (Å²) >= 11 is 0. The van der Waals surface area contributed by atoms with Crippen LogP contribution < -0.4 is 0 Å². The zero-order chi connectivity index (χ0) is 23.6. The molecule has 0 radical (unpaired) electrons. The second-order valence-corrected chi connectivity index (χ2v) is 8.07. The normalized spacial score (nSPS) is 41.0. The van der Waals surface area contributed by atoms with Crippen molar-refractivity contribution in [1.29, 1.82) is 0 Å². The van der Waals surface area contributed by atoms with E-state index in [0.29, 0.717) is 5.57 Å². The number of hydrogen-bond acceptors (Lipinski definition) is 11. The van der Waals surface area contributed by atoms with E-state index in [9.17, 15) is 40.5 Å². The summed E-state index contributed by atoms with van der Waals surface area (Å²) in [4.78, 5) is 13.7. The van der Waals surface area contributed by atoms with Crippen LogP contribution in [-0.4, -0.2) is 128 Å². The number of rotatable bonds is 6. The Balaban J connectivity index is 2.19. The van der Waals surface area contributed by atoms with Gasteiger partial charge in [-0.25, -0.2) is 0 Å². The Morgan fingerprint density at radius 3 is 1.94 bits per heavy atom. The first-order chi connectivity index (χ1) is 14.5. The summed E-state index contributed by atoms with van der Waals surface area (Å²) in [6, 6.07) is 0. The number of carbonyl (C=O) groups is 1. The summed E-state index contributed by atoms with van der Waals surface area (Å²) in [5.74, 6) is -0.443. The third-order valence-corrected chi connectivity index (χ3v) is 5.75. The number of allylic oxidation sites excluding steroid dienone is 1. The minimum absolute atomic E-state index is 0.424. The molecule has 31 heavy (non-hydrogen) atoms. The first kappa shape index (κ1) is 26.1. The largest absolute Gasteiger partial charge is 0.394 e. The van der Waals surface area contributed by atoms with E-state index in [4.69, 9.17) is 14.2 Å². The number of ether oxygens (including phenoxy) is 3. The van der Waals surface area contributed by atoms with Crippen molar-refractivity contribution < 1.29 is 54.8 Å². The number of carbonyl (C=O) groups excluding carboxylic acids is 1. The van der Waals surface area contributed by atoms with Gasteiger partial charge in [-0.15, -0.1) is 0 Å². The van der Waals surface area contributed by atoms with Gasteiger partial charge in [-0.2, -0.15) is 0 Å². The summed E-state index contributed by atoms with van der Waals surface area (Å²) in [6.45, 7) is 3.74. The molecule has 0 aromatic heterocycles. The highest BCUT2D eigenvalue weighted by Crippen LogP contribution is 2.30. The molecule has 180 valence electrons. The lowest BCUT2D eigenvalue weighted by Gasteiger charge is -2.47. The SMILES string of the molecule is CC(C)=C(C)C(=O)N(C)C1OC(CO)[C@@H](O[C@@H]2OC(CO)[C@H](O)[C@H](O)C2O)[C@H](O)C1O. The van der Waals surface area contributed by atoms with Gasteiger partial charge in [-0.05, 0) is 20.8 Å². The lowest BCUT2D eigenvalue weighted by Crippen LogP contribution is -2.66.